The molecule has 1 aromatic carbocycles. The number of carbonyl (C=O) groups is 2. The van der Waals surface area contributed by atoms with E-state index >= 15 is 0 Å². The van der Waals surface area contributed by atoms with Gasteiger partial charge in [0.15, 0.2) is 0 Å². The Morgan fingerprint density at radius 3 is 2.36 bits per heavy atom. The minimum absolute atomic E-state index is 0.192. The third kappa shape index (κ3) is 4.57. The van der Waals surface area contributed by atoms with Gasteiger partial charge in [0.1, 0.15) is 17.3 Å². The monoisotopic (exact) mass is 415 g/mol. The van der Waals surface area contributed by atoms with Crippen LogP contribution in [0.25, 0.3) is 0 Å². The van der Waals surface area contributed by atoms with Crippen LogP contribution in [-0.2, 0) is 0 Å². The molecule has 9 heteroatoms. The first-order chi connectivity index (χ1) is 13.5. The highest BCUT2D eigenvalue weighted by atomic mass is 35.5. The van der Waals surface area contributed by atoms with Crippen LogP contribution >= 0.6 is 23.2 Å². The van der Waals surface area contributed by atoms with Gasteiger partial charge in [-0.1, -0.05) is 35.3 Å². The van der Waals surface area contributed by atoms with Gasteiger partial charge in [0.05, 0.1) is 15.6 Å². The first-order valence-electron chi connectivity index (χ1n) is 8.15. The smallest absolute Gasteiger partial charge is 0.269 e. The molecule has 2 amide bonds. The van der Waals surface area contributed by atoms with E-state index in [2.05, 4.69) is 25.9 Å². The van der Waals surface area contributed by atoms with Crippen molar-refractivity contribution in [3.8, 4) is 0 Å². The van der Waals surface area contributed by atoms with Gasteiger partial charge in [0.2, 0.25) is 0 Å². The van der Waals surface area contributed by atoms with E-state index in [1.807, 2.05) is 0 Å². The Hall–Kier alpha value is -3.16. The Morgan fingerprint density at radius 2 is 1.64 bits per heavy atom. The van der Waals surface area contributed by atoms with Crippen LogP contribution in [0.2, 0.25) is 10.0 Å². The molecule has 0 aliphatic carbocycles. The summed E-state index contributed by atoms with van der Waals surface area (Å²) in [5.74, 6) is 0.137. The van der Waals surface area contributed by atoms with Gasteiger partial charge >= 0.3 is 0 Å². The fourth-order valence-electron chi connectivity index (χ4n) is 2.38. The van der Waals surface area contributed by atoms with Crippen LogP contribution < -0.4 is 16.0 Å². The van der Waals surface area contributed by atoms with Crippen LogP contribution in [-0.4, -0.2) is 28.8 Å². The lowest BCUT2D eigenvalue weighted by atomic mass is 10.2. The number of anilines is 3. The van der Waals surface area contributed by atoms with E-state index in [9.17, 15) is 9.59 Å². The number of nitrogens with zero attached hydrogens (tertiary/aromatic N) is 2. The summed E-state index contributed by atoms with van der Waals surface area (Å²) in [7, 11) is 1.53. The predicted molar refractivity (Wildman–Crippen MR) is 110 cm³/mol. The second-order valence-corrected chi connectivity index (χ2v) is 6.41. The fourth-order valence-corrected chi connectivity index (χ4v) is 2.94. The average molecular weight is 416 g/mol. The van der Waals surface area contributed by atoms with Gasteiger partial charge in [-0.3, -0.25) is 9.59 Å². The number of aromatic nitrogens is 2. The Bertz CT molecular complexity index is 1020. The zero-order valence-corrected chi connectivity index (χ0v) is 16.2. The van der Waals surface area contributed by atoms with Gasteiger partial charge in [0, 0.05) is 25.0 Å². The summed E-state index contributed by atoms with van der Waals surface area (Å²) in [5, 5.41) is 8.75. The molecule has 28 heavy (non-hydrogen) atoms. The standard InChI is InChI=1S/C19H15Cl2N5O2/c1-22-18(27)14-6-3-7-15(25-14)26-16-10-11(8-9-23-16)24-19(28)17-12(20)4-2-5-13(17)21/h2-10H,1H3,(H,22,27)(H2,23,24,25,26,28). The molecule has 2 aromatic heterocycles. The minimum atomic E-state index is -0.438. The fraction of sp³-hybridized carbons (Fsp3) is 0.0526. The molecule has 0 unspecified atom stereocenters. The third-order valence-corrected chi connectivity index (χ3v) is 4.30. The van der Waals surface area contributed by atoms with Crippen LogP contribution in [0.5, 0.6) is 0 Å². The number of halogens is 2. The molecular weight excluding hydrogens is 401 g/mol. The quantitative estimate of drug-likeness (QED) is 0.581. The van der Waals surface area contributed by atoms with E-state index in [4.69, 9.17) is 23.2 Å². The Morgan fingerprint density at radius 1 is 0.929 bits per heavy atom. The topological polar surface area (TPSA) is 96.0 Å². The molecule has 7 nitrogen and oxygen atoms in total. The van der Waals surface area contributed by atoms with E-state index in [0.29, 0.717) is 17.3 Å². The van der Waals surface area contributed by atoms with Crippen LogP contribution in [0.4, 0.5) is 17.3 Å². The van der Waals surface area contributed by atoms with Gasteiger partial charge < -0.3 is 16.0 Å². The molecule has 3 N–H and O–H groups in total. The molecular formula is C19H15Cl2N5O2. The van der Waals surface area contributed by atoms with Crippen molar-refractivity contribution in [1.82, 2.24) is 15.3 Å². The lowest BCUT2D eigenvalue weighted by molar-refractivity contribution is 0.0957. The van der Waals surface area contributed by atoms with E-state index in [1.54, 1.807) is 48.5 Å². The second kappa shape index (κ2) is 8.69. The van der Waals surface area contributed by atoms with Gasteiger partial charge in [-0.15, -0.1) is 0 Å². The summed E-state index contributed by atoms with van der Waals surface area (Å²) in [6, 6.07) is 13.1. The predicted octanol–water partition coefficient (Wildman–Crippen LogP) is 4.14. The molecule has 0 saturated heterocycles. The van der Waals surface area contributed by atoms with Crippen molar-refractivity contribution >= 4 is 52.3 Å². The highest BCUT2D eigenvalue weighted by molar-refractivity contribution is 6.40. The molecule has 0 atom stereocenters. The number of rotatable bonds is 5. The molecule has 3 aromatic rings. The molecule has 142 valence electrons. The number of hydrogen-bond acceptors (Lipinski definition) is 5. The lowest BCUT2D eigenvalue weighted by Gasteiger charge is -2.10. The second-order valence-electron chi connectivity index (χ2n) is 5.59. The summed E-state index contributed by atoms with van der Waals surface area (Å²) in [6.45, 7) is 0. The summed E-state index contributed by atoms with van der Waals surface area (Å²) >= 11 is 12.1. The maximum atomic E-state index is 12.5. The van der Waals surface area contributed by atoms with E-state index in [0.717, 1.165) is 0 Å². The summed E-state index contributed by atoms with van der Waals surface area (Å²) in [4.78, 5) is 32.6. The Balaban J connectivity index is 1.78. The van der Waals surface area contributed by atoms with Gasteiger partial charge in [-0.2, -0.15) is 0 Å². The normalized spacial score (nSPS) is 10.2. The molecule has 0 spiro atoms. The number of amides is 2. The van der Waals surface area contributed by atoms with Crippen LogP contribution in [0.15, 0.2) is 54.7 Å². The van der Waals surface area contributed by atoms with Gasteiger partial charge in [0.25, 0.3) is 11.8 Å². The van der Waals surface area contributed by atoms with Crippen molar-refractivity contribution in [3.05, 3.63) is 76.0 Å². The van der Waals surface area contributed by atoms with Crippen LogP contribution in [0.1, 0.15) is 20.8 Å². The van der Waals surface area contributed by atoms with Gasteiger partial charge in [-0.25, -0.2) is 9.97 Å². The Kier molecular flexibility index (Phi) is 6.08. The van der Waals surface area contributed by atoms with Crippen molar-refractivity contribution in [2.24, 2.45) is 0 Å². The maximum Gasteiger partial charge on any atom is 0.269 e. The highest BCUT2D eigenvalue weighted by Crippen LogP contribution is 2.25. The molecule has 0 fully saturated rings. The molecule has 0 bridgehead atoms. The molecule has 0 aliphatic rings. The first-order valence-corrected chi connectivity index (χ1v) is 8.91. The number of carbonyl (C=O) groups excluding carboxylic acids is 2. The van der Waals surface area contributed by atoms with Crippen molar-refractivity contribution in [3.63, 3.8) is 0 Å². The molecule has 2 heterocycles. The number of benzene rings is 1. The zero-order chi connectivity index (χ0) is 20.1. The third-order valence-electron chi connectivity index (χ3n) is 3.67. The number of hydrogen-bond donors (Lipinski definition) is 3. The van der Waals surface area contributed by atoms with Gasteiger partial charge in [-0.05, 0) is 30.3 Å². The first kappa shape index (κ1) is 19.6. The van der Waals surface area contributed by atoms with Crippen molar-refractivity contribution in [2.45, 2.75) is 0 Å². The van der Waals surface area contributed by atoms with E-state index < -0.39 is 5.91 Å². The van der Waals surface area contributed by atoms with Crippen molar-refractivity contribution in [1.29, 1.82) is 0 Å². The Labute approximate surface area is 171 Å². The average Bonchev–Trinajstić information content (AvgIpc) is 2.67. The summed E-state index contributed by atoms with van der Waals surface area (Å²) in [6.07, 6.45) is 1.52. The SMILES string of the molecule is CNC(=O)c1cccc(Nc2cc(NC(=O)c3c(Cl)cccc3Cl)ccn2)n1. The molecule has 0 radical (unpaired) electrons. The van der Waals surface area contributed by atoms with Crippen LogP contribution in [0.3, 0.4) is 0 Å². The zero-order valence-electron chi connectivity index (χ0n) is 14.7. The highest BCUT2D eigenvalue weighted by Gasteiger charge is 2.15. The van der Waals surface area contributed by atoms with Crippen LogP contribution in [0, 0.1) is 0 Å². The molecule has 0 saturated carbocycles. The lowest BCUT2D eigenvalue weighted by Crippen LogP contribution is -2.19. The van der Waals surface area contributed by atoms with Crippen molar-refractivity contribution in [2.75, 3.05) is 17.7 Å². The molecule has 3 rings (SSSR count). The van der Waals surface area contributed by atoms with Crippen molar-refractivity contribution < 1.29 is 9.59 Å². The number of pyridine rings is 2. The largest absolute Gasteiger partial charge is 0.354 e. The van der Waals surface area contributed by atoms with E-state index in [-0.39, 0.29) is 27.2 Å². The maximum absolute atomic E-state index is 12.5. The minimum Gasteiger partial charge on any atom is -0.354 e. The summed E-state index contributed by atoms with van der Waals surface area (Å²) < 4.78 is 0. The van der Waals surface area contributed by atoms with E-state index in [1.165, 1.54) is 13.2 Å². The molecule has 0 aliphatic heterocycles. The number of nitrogens with one attached hydrogen (secondary N) is 3. The summed E-state index contributed by atoms with van der Waals surface area (Å²) in [5.41, 5.74) is 0.948.